The van der Waals surface area contributed by atoms with Crippen LogP contribution in [0.1, 0.15) is 51.4 Å². The second-order valence-electron chi connectivity index (χ2n) is 6.67. The minimum Gasteiger partial charge on any atom is -0.486 e. The van der Waals surface area contributed by atoms with E-state index in [-0.39, 0.29) is 17.2 Å². The van der Waals surface area contributed by atoms with E-state index in [9.17, 15) is 9.59 Å². The van der Waals surface area contributed by atoms with Gasteiger partial charge in [0.05, 0.1) is 0 Å². The summed E-state index contributed by atoms with van der Waals surface area (Å²) in [5.41, 5.74) is 1.83. The lowest BCUT2D eigenvalue weighted by Gasteiger charge is -2.43. The van der Waals surface area contributed by atoms with E-state index in [1.165, 1.54) is 19.3 Å². The fraction of sp³-hybridized carbons (Fsp3) is 0.474. The largest absolute Gasteiger partial charge is 0.486 e. The Labute approximate surface area is 130 Å². The average Bonchev–Trinajstić information content (AvgIpc) is 2.79. The van der Waals surface area contributed by atoms with Gasteiger partial charge in [-0.15, -0.1) is 0 Å². The van der Waals surface area contributed by atoms with Crippen LogP contribution in [-0.4, -0.2) is 17.2 Å². The molecule has 4 aliphatic rings. The molecule has 1 spiro atoms. The van der Waals surface area contributed by atoms with Crippen LogP contribution in [0.2, 0.25) is 0 Å². The number of carbonyl (C=O) groups excluding carboxylic acids is 2. The van der Waals surface area contributed by atoms with Crippen LogP contribution in [-0.2, 0) is 14.3 Å². The number of carbonyl (C=O) groups is 2. The number of allylic oxidation sites excluding steroid dienone is 6. The molecule has 1 fully saturated rings. The van der Waals surface area contributed by atoms with Crippen LogP contribution in [0.3, 0.4) is 0 Å². The van der Waals surface area contributed by atoms with Gasteiger partial charge in [0.25, 0.3) is 0 Å². The highest BCUT2D eigenvalue weighted by Gasteiger charge is 2.45. The maximum atomic E-state index is 12.4. The molecule has 0 bridgehead atoms. The van der Waals surface area contributed by atoms with Gasteiger partial charge in [-0.25, -0.2) is 0 Å². The van der Waals surface area contributed by atoms with E-state index in [0.29, 0.717) is 29.7 Å². The summed E-state index contributed by atoms with van der Waals surface area (Å²) in [7, 11) is 0. The predicted octanol–water partition coefficient (Wildman–Crippen LogP) is 3.72. The Morgan fingerprint density at radius 2 is 1.77 bits per heavy atom. The van der Waals surface area contributed by atoms with Crippen molar-refractivity contribution in [3.63, 3.8) is 0 Å². The Morgan fingerprint density at radius 3 is 2.59 bits per heavy atom. The van der Waals surface area contributed by atoms with Crippen molar-refractivity contribution in [1.82, 2.24) is 0 Å². The summed E-state index contributed by atoms with van der Waals surface area (Å²) in [5.74, 6) is -0.0293. The van der Waals surface area contributed by atoms with Crippen molar-refractivity contribution in [1.29, 1.82) is 0 Å². The average molecular weight is 296 g/mol. The first kappa shape index (κ1) is 13.7. The van der Waals surface area contributed by atoms with E-state index in [4.69, 9.17) is 4.74 Å². The molecule has 0 atom stereocenters. The van der Waals surface area contributed by atoms with E-state index in [2.05, 4.69) is 0 Å². The van der Waals surface area contributed by atoms with Crippen molar-refractivity contribution in [2.24, 2.45) is 0 Å². The molecule has 0 aromatic heterocycles. The van der Waals surface area contributed by atoms with E-state index < -0.39 is 0 Å². The number of ether oxygens (including phenoxy) is 1. The molecule has 0 unspecified atom stereocenters. The summed E-state index contributed by atoms with van der Waals surface area (Å²) in [6, 6.07) is 0. The molecule has 4 rings (SSSR count). The van der Waals surface area contributed by atoms with E-state index >= 15 is 0 Å². The highest BCUT2D eigenvalue weighted by Crippen LogP contribution is 2.47. The normalized spacial score (nSPS) is 26.7. The third-order valence-electron chi connectivity index (χ3n) is 5.30. The molecule has 0 aromatic rings. The van der Waals surface area contributed by atoms with Gasteiger partial charge in [-0.05, 0) is 44.9 Å². The third kappa shape index (κ3) is 2.03. The fourth-order valence-corrected chi connectivity index (χ4v) is 4.08. The van der Waals surface area contributed by atoms with Crippen LogP contribution < -0.4 is 0 Å². The van der Waals surface area contributed by atoms with Crippen LogP contribution in [0.15, 0.2) is 46.8 Å². The number of rotatable bonds is 0. The van der Waals surface area contributed by atoms with Gasteiger partial charge in [-0.1, -0.05) is 30.7 Å². The molecule has 3 heteroatoms. The van der Waals surface area contributed by atoms with Crippen molar-refractivity contribution >= 4 is 11.6 Å². The van der Waals surface area contributed by atoms with Crippen LogP contribution in [0.4, 0.5) is 0 Å². The van der Waals surface area contributed by atoms with Crippen LogP contribution in [0, 0.1) is 0 Å². The highest BCUT2D eigenvalue weighted by atomic mass is 16.5. The smallest absolute Gasteiger partial charge is 0.233 e. The zero-order chi connectivity index (χ0) is 15.2. The molecule has 0 saturated heterocycles. The minimum atomic E-state index is -0.364. The molecule has 0 radical (unpaired) electrons. The van der Waals surface area contributed by atoms with Crippen molar-refractivity contribution in [2.45, 2.75) is 57.0 Å². The van der Waals surface area contributed by atoms with E-state index in [1.54, 1.807) is 0 Å². The summed E-state index contributed by atoms with van der Waals surface area (Å²) in [6.07, 6.45) is 15.7. The van der Waals surface area contributed by atoms with Gasteiger partial charge in [0.15, 0.2) is 0 Å². The molecule has 0 amide bonds. The molecule has 0 N–H and O–H groups in total. The van der Waals surface area contributed by atoms with E-state index in [1.807, 2.05) is 24.3 Å². The van der Waals surface area contributed by atoms with Gasteiger partial charge >= 0.3 is 0 Å². The minimum absolute atomic E-state index is 0.111. The Bertz CT molecular complexity index is 667. The topological polar surface area (TPSA) is 43.4 Å². The molecule has 3 nitrogen and oxygen atoms in total. The van der Waals surface area contributed by atoms with Gasteiger partial charge in [0.1, 0.15) is 11.4 Å². The summed E-state index contributed by atoms with van der Waals surface area (Å²) in [4.78, 5) is 24.8. The third-order valence-corrected chi connectivity index (χ3v) is 5.30. The number of fused-ring (bicyclic) bond motifs is 2. The van der Waals surface area contributed by atoms with Gasteiger partial charge in [0, 0.05) is 16.7 Å². The first-order valence-corrected chi connectivity index (χ1v) is 8.29. The monoisotopic (exact) mass is 296 g/mol. The fourth-order valence-electron chi connectivity index (χ4n) is 4.08. The molecule has 3 aliphatic carbocycles. The summed E-state index contributed by atoms with van der Waals surface area (Å²) < 4.78 is 6.43. The number of hydrogen-bond acceptors (Lipinski definition) is 3. The Kier molecular flexibility index (Phi) is 3.17. The first-order chi connectivity index (χ1) is 10.7. The molecule has 114 valence electrons. The molecule has 1 heterocycles. The lowest BCUT2D eigenvalue weighted by Crippen LogP contribution is -2.41. The van der Waals surface area contributed by atoms with Gasteiger partial charge < -0.3 is 4.74 Å². The quantitative estimate of drug-likeness (QED) is 0.640. The van der Waals surface area contributed by atoms with Crippen molar-refractivity contribution in [3.8, 4) is 0 Å². The SMILES string of the molecule is O=C1C(=O)C2=C(OC3(CCCCC3)CC2)C2=CC=CCC=C12. The van der Waals surface area contributed by atoms with E-state index in [0.717, 1.165) is 24.8 Å². The maximum absolute atomic E-state index is 12.4. The van der Waals surface area contributed by atoms with Gasteiger partial charge in [-0.3, -0.25) is 9.59 Å². The van der Waals surface area contributed by atoms with Crippen LogP contribution in [0.25, 0.3) is 0 Å². The zero-order valence-electron chi connectivity index (χ0n) is 12.7. The standard InChI is InChI=1S/C19H20O3/c20-16-13-7-3-1-4-8-14(13)18-15(17(16)21)9-12-19(22-18)10-5-2-6-11-19/h1,4,7-8H,2-3,5-6,9-12H2. The summed E-state index contributed by atoms with van der Waals surface area (Å²) >= 11 is 0. The molecular formula is C19H20O3. The number of Topliss-reactive ketones (excluding diaryl/α,β-unsaturated/α-hetero) is 2. The van der Waals surface area contributed by atoms with Crippen LogP contribution >= 0.6 is 0 Å². The Hall–Kier alpha value is -1.90. The molecule has 1 aliphatic heterocycles. The predicted molar refractivity (Wildman–Crippen MR) is 83.1 cm³/mol. The molecule has 22 heavy (non-hydrogen) atoms. The molecular weight excluding hydrogens is 276 g/mol. The first-order valence-electron chi connectivity index (χ1n) is 8.29. The molecule has 0 aromatic carbocycles. The Balaban J connectivity index is 1.80. The lowest BCUT2D eigenvalue weighted by molar-refractivity contribution is -0.133. The van der Waals surface area contributed by atoms with Crippen molar-refractivity contribution < 1.29 is 14.3 Å². The van der Waals surface area contributed by atoms with Gasteiger partial charge in [0.2, 0.25) is 11.6 Å². The number of ketones is 2. The van der Waals surface area contributed by atoms with Crippen molar-refractivity contribution in [3.05, 3.63) is 46.8 Å². The second kappa shape index (κ2) is 5.08. The van der Waals surface area contributed by atoms with Crippen molar-refractivity contribution in [2.75, 3.05) is 0 Å². The van der Waals surface area contributed by atoms with Crippen LogP contribution in [0.5, 0.6) is 0 Å². The second-order valence-corrected chi connectivity index (χ2v) is 6.67. The lowest BCUT2D eigenvalue weighted by atomic mass is 9.75. The summed E-state index contributed by atoms with van der Waals surface area (Å²) in [5, 5.41) is 0. The zero-order valence-corrected chi connectivity index (χ0v) is 12.7. The highest BCUT2D eigenvalue weighted by molar-refractivity contribution is 6.51. The Morgan fingerprint density at radius 1 is 0.955 bits per heavy atom. The number of hydrogen-bond donors (Lipinski definition) is 0. The molecule has 1 saturated carbocycles. The van der Waals surface area contributed by atoms with Gasteiger partial charge in [-0.2, -0.15) is 0 Å². The maximum Gasteiger partial charge on any atom is 0.233 e. The summed E-state index contributed by atoms with van der Waals surface area (Å²) in [6.45, 7) is 0.